The van der Waals surface area contributed by atoms with Gasteiger partial charge in [0.1, 0.15) is 0 Å². The third kappa shape index (κ3) is 6.00. The summed E-state index contributed by atoms with van der Waals surface area (Å²) in [4.78, 5) is 11.6. The van der Waals surface area contributed by atoms with Crippen molar-refractivity contribution in [1.29, 1.82) is 0 Å². The van der Waals surface area contributed by atoms with E-state index in [1.165, 1.54) is 0 Å². The zero-order chi connectivity index (χ0) is 20.6. The van der Waals surface area contributed by atoms with E-state index in [9.17, 15) is 0 Å². The molecule has 2 aliphatic rings. The van der Waals surface area contributed by atoms with E-state index in [1.807, 2.05) is 18.2 Å². The van der Waals surface area contributed by atoms with E-state index < -0.39 is 0 Å². The van der Waals surface area contributed by atoms with Gasteiger partial charge in [0.15, 0.2) is 5.82 Å². The summed E-state index contributed by atoms with van der Waals surface area (Å²) in [7, 11) is 1.65. The van der Waals surface area contributed by atoms with E-state index in [0.717, 1.165) is 82.5 Å². The van der Waals surface area contributed by atoms with Crippen LogP contribution in [0.25, 0.3) is 0 Å². The lowest BCUT2D eigenvalue weighted by atomic mass is 9.98. The van der Waals surface area contributed by atoms with Crippen LogP contribution in [0.4, 0.5) is 0 Å². The lowest BCUT2D eigenvalue weighted by molar-refractivity contribution is 0.0211. The van der Waals surface area contributed by atoms with Crippen LogP contribution < -0.4 is 4.74 Å². The van der Waals surface area contributed by atoms with Crippen LogP contribution >= 0.6 is 0 Å². The second-order valence-corrected chi connectivity index (χ2v) is 8.18. The lowest BCUT2D eigenvalue weighted by Gasteiger charge is -2.30. The van der Waals surface area contributed by atoms with Crippen LogP contribution in [0.2, 0.25) is 0 Å². The largest absolute Gasteiger partial charge is 0.481 e. The molecule has 164 valence electrons. The quantitative estimate of drug-likeness (QED) is 0.577. The highest BCUT2D eigenvalue weighted by Crippen LogP contribution is 2.27. The zero-order valence-corrected chi connectivity index (χ0v) is 17.8. The molecular formula is C22H32N4O4. The molecule has 8 nitrogen and oxygen atoms in total. The minimum absolute atomic E-state index is 0.272. The monoisotopic (exact) mass is 416 g/mol. The second kappa shape index (κ2) is 10.8. The summed E-state index contributed by atoms with van der Waals surface area (Å²) < 4.78 is 22.0. The van der Waals surface area contributed by atoms with Crippen molar-refractivity contribution < 1.29 is 18.7 Å². The number of likely N-dealkylation sites (tertiary alicyclic amines) is 1. The van der Waals surface area contributed by atoms with Crippen LogP contribution in [0.5, 0.6) is 5.88 Å². The maximum Gasteiger partial charge on any atom is 0.231 e. The highest BCUT2D eigenvalue weighted by Gasteiger charge is 2.26. The van der Waals surface area contributed by atoms with Gasteiger partial charge >= 0.3 is 0 Å². The maximum absolute atomic E-state index is 5.83. The lowest BCUT2D eigenvalue weighted by Crippen LogP contribution is -2.34. The molecule has 2 saturated heterocycles. The molecule has 1 unspecified atom stereocenters. The highest BCUT2D eigenvalue weighted by atomic mass is 16.5. The average Bonchev–Trinajstić information content (AvgIpc) is 3.27. The molecule has 0 N–H and O–H groups in total. The molecule has 2 aliphatic heterocycles. The minimum Gasteiger partial charge on any atom is -0.481 e. The van der Waals surface area contributed by atoms with Crippen LogP contribution in [0, 0.1) is 5.92 Å². The van der Waals surface area contributed by atoms with Gasteiger partial charge in [-0.2, -0.15) is 4.98 Å². The Balaban J connectivity index is 1.23. The zero-order valence-electron chi connectivity index (χ0n) is 17.8. The van der Waals surface area contributed by atoms with E-state index >= 15 is 0 Å². The van der Waals surface area contributed by atoms with Gasteiger partial charge in [0.05, 0.1) is 25.3 Å². The number of aromatic nitrogens is 3. The Kier molecular flexibility index (Phi) is 7.66. The molecule has 30 heavy (non-hydrogen) atoms. The average molecular weight is 417 g/mol. The Bertz CT molecular complexity index is 778. The van der Waals surface area contributed by atoms with Gasteiger partial charge in [0.2, 0.25) is 11.8 Å². The first kappa shape index (κ1) is 21.2. The SMILES string of the molecule is COc1cccc(CN2CCCC(c3nc(CCOCC4CCOCC4)no3)C2)n1. The van der Waals surface area contributed by atoms with Gasteiger partial charge in [-0.25, -0.2) is 4.98 Å². The van der Waals surface area contributed by atoms with Gasteiger partial charge in [0, 0.05) is 45.4 Å². The first-order valence-electron chi connectivity index (χ1n) is 11.0. The molecule has 0 bridgehead atoms. The van der Waals surface area contributed by atoms with Gasteiger partial charge < -0.3 is 18.7 Å². The fourth-order valence-electron chi connectivity index (χ4n) is 4.15. The van der Waals surface area contributed by atoms with Crippen molar-refractivity contribution in [2.75, 3.05) is 46.6 Å². The van der Waals surface area contributed by atoms with E-state index in [1.54, 1.807) is 7.11 Å². The summed E-state index contributed by atoms with van der Waals surface area (Å²) >= 11 is 0. The number of methoxy groups -OCH3 is 1. The Morgan fingerprint density at radius 2 is 2.07 bits per heavy atom. The number of piperidine rings is 1. The van der Waals surface area contributed by atoms with Crippen molar-refractivity contribution in [3.63, 3.8) is 0 Å². The highest BCUT2D eigenvalue weighted by molar-refractivity contribution is 5.15. The Labute approximate surface area is 177 Å². The van der Waals surface area contributed by atoms with Crippen LogP contribution in [0.15, 0.2) is 22.7 Å². The summed E-state index contributed by atoms with van der Waals surface area (Å²) in [6.45, 7) is 5.90. The van der Waals surface area contributed by atoms with Crippen LogP contribution in [-0.2, 0) is 22.4 Å². The molecule has 0 aliphatic carbocycles. The molecule has 8 heteroatoms. The molecule has 0 spiro atoms. The first-order chi connectivity index (χ1) is 14.8. The molecule has 0 aromatic carbocycles. The van der Waals surface area contributed by atoms with E-state index in [2.05, 4.69) is 20.0 Å². The van der Waals surface area contributed by atoms with Gasteiger partial charge in [-0.05, 0) is 44.2 Å². The van der Waals surface area contributed by atoms with Crippen molar-refractivity contribution >= 4 is 0 Å². The van der Waals surface area contributed by atoms with Crippen LogP contribution in [0.1, 0.15) is 49.0 Å². The second-order valence-electron chi connectivity index (χ2n) is 8.18. The van der Waals surface area contributed by atoms with Crippen molar-refractivity contribution in [2.24, 2.45) is 5.92 Å². The molecule has 2 fully saturated rings. The Morgan fingerprint density at radius 3 is 2.93 bits per heavy atom. The number of rotatable bonds is 9. The van der Waals surface area contributed by atoms with E-state index in [-0.39, 0.29) is 5.92 Å². The number of nitrogens with zero attached hydrogens (tertiary/aromatic N) is 4. The predicted octanol–water partition coefficient (Wildman–Crippen LogP) is 2.84. The molecule has 4 rings (SSSR count). The fourth-order valence-corrected chi connectivity index (χ4v) is 4.15. The molecule has 2 aromatic heterocycles. The molecular weight excluding hydrogens is 384 g/mol. The number of ether oxygens (including phenoxy) is 3. The van der Waals surface area contributed by atoms with Crippen LogP contribution in [0.3, 0.4) is 0 Å². The van der Waals surface area contributed by atoms with E-state index in [4.69, 9.17) is 18.7 Å². The van der Waals surface area contributed by atoms with Crippen molar-refractivity contribution in [2.45, 2.75) is 44.6 Å². The topological polar surface area (TPSA) is 82.7 Å². The standard InChI is InChI=1S/C22H32N4O4/c1-27-21-6-2-5-19(23-21)15-26-10-3-4-18(14-26)22-24-20(25-30-22)9-13-29-16-17-7-11-28-12-8-17/h2,5-6,17-18H,3-4,7-16H2,1H3. The summed E-state index contributed by atoms with van der Waals surface area (Å²) in [6.07, 6.45) is 5.06. The molecule has 0 radical (unpaired) electrons. The van der Waals surface area contributed by atoms with Crippen molar-refractivity contribution in [3.8, 4) is 5.88 Å². The van der Waals surface area contributed by atoms with Gasteiger partial charge in [-0.1, -0.05) is 11.2 Å². The third-order valence-corrected chi connectivity index (χ3v) is 5.88. The summed E-state index contributed by atoms with van der Waals surface area (Å²) in [6, 6.07) is 5.89. The number of hydrogen-bond acceptors (Lipinski definition) is 8. The van der Waals surface area contributed by atoms with Gasteiger partial charge in [-0.3, -0.25) is 4.90 Å². The number of pyridine rings is 1. The molecule has 2 aromatic rings. The van der Waals surface area contributed by atoms with Crippen LogP contribution in [-0.4, -0.2) is 66.7 Å². The molecule has 0 saturated carbocycles. The molecule has 4 heterocycles. The van der Waals surface area contributed by atoms with Gasteiger partial charge in [-0.15, -0.1) is 0 Å². The molecule has 0 amide bonds. The first-order valence-corrected chi connectivity index (χ1v) is 11.0. The van der Waals surface area contributed by atoms with Gasteiger partial charge in [0.25, 0.3) is 0 Å². The summed E-state index contributed by atoms with van der Waals surface area (Å²) in [5, 5.41) is 4.17. The Hall–Kier alpha value is -2.03. The Morgan fingerprint density at radius 1 is 1.17 bits per heavy atom. The number of hydrogen-bond donors (Lipinski definition) is 0. The normalized spacial score (nSPS) is 21.0. The maximum atomic E-state index is 5.83. The summed E-state index contributed by atoms with van der Waals surface area (Å²) in [5.74, 6) is 3.03. The summed E-state index contributed by atoms with van der Waals surface area (Å²) in [5.41, 5.74) is 1.02. The molecule has 1 atom stereocenters. The van der Waals surface area contributed by atoms with Crippen molar-refractivity contribution in [1.82, 2.24) is 20.0 Å². The van der Waals surface area contributed by atoms with E-state index in [0.29, 0.717) is 24.8 Å². The minimum atomic E-state index is 0.272. The smallest absolute Gasteiger partial charge is 0.231 e. The third-order valence-electron chi connectivity index (χ3n) is 5.88. The predicted molar refractivity (Wildman–Crippen MR) is 110 cm³/mol. The van der Waals surface area contributed by atoms with Crippen molar-refractivity contribution in [3.05, 3.63) is 35.6 Å². The fraction of sp³-hybridized carbons (Fsp3) is 0.682.